The second-order valence-corrected chi connectivity index (χ2v) is 7.55. The molecular formula is C13H19ClN2O3S. The van der Waals surface area contributed by atoms with Crippen LogP contribution >= 0.6 is 11.6 Å². The molecule has 5 nitrogen and oxygen atoms in total. The van der Waals surface area contributed by atoms with Gasteiger partial charge in [-0.1, -0.05) is 24.4 Å². The fraction of sp³-hybridized carbons (Fsp3) is 0.538. The zero-order chi connectivity index (χ0) is 15.0. The van der Waals surface area contributed by atoms with Crippen molar-refractivity contribution in [3.05, 3.63) is 22.7 Å². The van der Waals surface area contributed by atoms with Crippen LogP contribution in [0, 0.1) is 6.92 Å². The average Bonchev–Trinajstić information content (AvgIpc) is 2.81. The van der Waals surface area contributed by atoms with E-state index in [0.717, 1.165) is 12.8 Å². The van der Waals surface area contributed by atoms with Crippen molar-refractivity contribution in [1.29, 1.82) is 0 Å². The predicted molar refractivity (Wildman–Crippen MR) is 79.2 cm³/mol. The number of hydrogen-bond acceptors (Lipinski definition) is 4. The maximum atomic E-state index is 12.2. The summed E-state index contributed by atoms with van der Waals surface area (Å²) in [5.74, 6) is 0. The van der Waals surface area contributed by atoms with E-state index in [1.165, 1.54) is 12.1 Å². The molecule has 0 amide bonds. The molecule has 0 unspecified atom stereocenters. The molecule has 0 radical (unpaired) electrons. The number of nitrogen functional groups attached to an aromatic ring is 1. The number of rotatable bonds is 4. The van der Waals surface area contributed by atoms with Crippen LogP contribution in [0.15, 0.2) is 17.0 Å². The smallest absolute Gasteiger partial charge is 0.240 e. The summed E-state index contributed by atoms with van der Waals surface area (Å²) in [6.07, 6.45) is 3.07. The van der Waals surface area contributed by atoms with E-state index in [0.29, 0.717) is 29.1 Å². The van der Waals surface area contributed by atoms with Crippen LogP contribution in [0.3, 0.4) is 0 Å². The van der Waals surface area contributed by atoms with Crippen molar-refractivity contribution in [2.45, 2.75) is 43.1 Å². The summed E-state index contributed by atoms with van der Waals surface area (Å²) in [5.41, 5.74) is 5.78. The third kappa shape index (κ3) is 3.25. The van der Waals surface area contributed by atoms with E-state index in [-0.39, 0.29) is 11.4 Å². The molecule has 0 heterocycles. The van der Waals surface area contributed by atoms with Gasteiger partial charge in [0.15, 0.2) is 0 Å². The highest BCUT2D eigenvalue weighted by Crippen LogP contribution is 2.30. The molecule has 1 aromatic rings. The number of hydrogen-bond donors (Lipinski definition) is 3. The summed E-state index contributed by atoms with van der Waals surface area (Å²) in [6.45, 7) is 1.74. The number of halogens is 1. The van der Waals surface area contributed by atoms with Gasteiger partial charge in [0.1, 0.15) is 0 Å². The Morgan fingerprint density at radius 3 is 2.55 bits per heavy atom. The van der Waals surface area contributed by atoms with Gasteiger partial charge in [0.2, 0.25) is 10.0 Å². The van der Waals surface area contributed by atoms with Crippen LogP contribution in [0.1, 0.15) is 31.2 Å². The maximum absolute atomic E-state index is 12.2. The third-order valence-corrected chi connectivity index (χ3v) is 5.57. The lowest BCUT2D eigenvalue weighted by molar-refractivity contribution is 0.0532. The number of sulfonamides is 1. The molecule has 1 fully saturated rings. The molecule has 0 atom stereocenters. The zero-order valence-corrected chi connectivity index (χ0v) is 12.9. The first kappa shape index (κ1) is 15.6. The topological polar surface area (TPSA) is 92.4 Å². The van der Waals surface area contributed by atoms with Gasteiger partial charge in [0.25, 0.3) is 0 Å². The molecule has 1 aromatic carbocycles. The Hall–Kier alpha value is -0.820. The van der Waals surface area contributed by atoms with E-state index >= 15 is 0 Å². The first-order chi connectivity index (χ1) is 9.23. The van der Waals surface area contributed by atoms with Gasteiger partial charge >= 0.3 is 0 Å². The third-order valence-electron chi connectivity index (χ3n) is 3.79. The molecular weight excluding hydrogens is 300 g/mol. The lowest BCUT2D eigenvalue weighted by Gasteiger charge is -2.22. The van der Waals surface area contributed by atoms with Gasteiger partial charge < -0.3 is 10.8 Å². The van der Waals surface area contributed by atoms with Crippen LogP contribution in [0.4, 0.5) is 5.69 Å². The van der Waals surface area contributed by atoms with Gasteiger partial charge in [0.05, 0.1) is 10.5 Å². The molecule has 0 saturated heterocycles. The fourth-order valence-electron chi connectivity index (χ4n) is 2.35. The summed E-state index contributed by atoms with van der Waals surface area (Å²) in [6, 6.07) is 2.75. The average molecular weight is 319 g/mol. The standard InChI is InChI=1S/C13H19ClN2O3S/c1-9-11(14)6-10(7-12(9)15)20(18,19)16-8-13(17)4-2-3-5-13/h6-7,16-17H,2-5,8,15H2,1H3. The second kappa shape index (κ2) is 5.52. The molecule has 7 heteroatoms. The van der Waals surface area contributed by atoms with Crippen molar-refractivity contribution in [3.63, 3.8) is 0 Å². The summed E-state index contributed by atoms with van der Waals surface area (Å²) >= 11 is 5.96. The summed E-state index contributed by atoms with van der Waals surface area (Å²) in [4.78, 5) is 0.0206. The second-order valence-electron chi connectivity index (χ2n) is 5.38. The van der Waals surface area contributed by atoms with Crippen molar-refractivity contribution in [3.8, 4) is 0 Å². The predicted octanol–water partition coefficient (Wildman–Crippen LogP) is 1.81. The first-order valence-corrected chi connectivity index (χ1v) is 8.37. The van der Waals surface area contributed by atoms with Crippen LogP contribution in [-0.4, -0.2) is 25.7 Å². The summed E-state index contributed by atoms with van der Waals surface area (Å²) in [5, 5.41) is 10.5. The molecule has 0 spiro atoms. The minimum absolute atomic E-state index is 0.0146. The molecule has 0 bridgehead atoms. The molecule has 0 aromatic heterocycles. The molecule has 4 N–H and O–H groups in total. The van der Waals surface area contributed by atoms with Gasteiger partial charge in [-0.2, -0.15) is 0 Å². The van der Waals surface area contributed by atoms with Crippen molar-refractivity contribution in [1.82, 2.24) is 4.72 Å². The number of anilines is 1. The van der Waals surface area contributed by atoms with Gasteiger partial charge in [-0.05, 0) is 37.5 Å². The number of nitrogens with two attached hydrogens (primary N) is 1. The van der Waals surface area contributed by atoms with Gasteiger partial charge in [-0.25, -0.2) is 13.1 Å². The van der Waals surface area contributed by atoms with Crippen LogP contribution in [-0.2, 0) is 10.0 Å². The molecule has 1 saturated carbocycles. The molecule has 1 aliphatic carbocycles. The Balaban J connectivity index is 2.18. The van der Waals surface area contributed by atoms with Crippen molar-refractivity contribution >= 4 is 27.3 Å². The molecule has 20 heavy (non-hydrogen) atoms. The largest absolute Gasteiger partial charge is 0.398 e. The van der Waals surface area contributed by atoms with E-state index in [9.17, 15) is 13.5 Å². The summed E-state index contributed by atoms with van der Waals surface area (Å²) < 4.78 is 26.9. The number of benzene rings is 1. The molecule has 1 aliphatic rings. The van der Waals surface area contributed by atoms with E-state index < -0.39 is 15.6 Å². The SMILES string of the molecule is Cc1c(N)cc(S(=O)(=O)NCC2(O)CCCC2)cc1Cl. The Labute approximate surface area is 124 Å². The normalized spacial score (nSPS) is 18.4. The molecule has 0 aliphatic heterocycles. The van der Waals surface area contributed by atoms with E-state index in [4.69, 9.17) is 17.3 Å². The van der Waals surface area contributed by atoms with Crippen LogP contribution in [0.2, 0.25) is 5.02 Å². The Kier molecular flexibility index (Phi) is 4.30. The minimum Gasteiger partial charge on any atom is -0.398 e. The summed E-state index contributed by atoms with van der Waals surface area (Å²) in [7, 11) is -3.72. The lowest BCUT2D eigenvalue weighted by atomic mass is 10.0. The zero-order valence-electron chi connectivity index (χ0n) is 11.3. The van der Waals surface area contributed by atoms with E-state index in [1.54, 1.807) is 6.92 Å². The van der Waals surface area contributed by atoms with E-state index in [1.807, 2.05) is 0 Å². The van der Waals surface area contributed by atoms with Crippen molar-refractivity contribution in [2.24, 2.45) is 0 Å². The van der Waals surface area contributed by atoms with E-state index in [2.05, 4.69) is 4.72 Å². The Morgan fingerprint density at radius 2 is 2.00 bits per heavy atom. The highest BCUT2D eigenvalue weighted by Gasteiger charge is 2.32. The monoisotopic (exact) mass is 318 g/mol. The van der Waals surface area contributed by atoms with Gasteiger partial charge in [-0.15, -0.1) is 0 Å². The van der Waals surface area contributed by atoms with Crippen LogP contribution in [0.25, 0.3) is 0 Å². The number of nitrogens with one attached hydrogen (secondary N) is 1. The minimum atomic E-state index is -3.72. The van der Waals surface area contributed by atoms with Gasteiger partial charge in [-0.3, -0.25) is 0 Å². The van der Waals surface area contributed by atoms with Crippen molar-refractivity contribution < 1.29 is 13.5 Å². The highest BCUT2D eigenvalue weighted by atomic mass is 35.5. The first-order valence-electron chi connectivity index (χ1n) is 6.51. The van der Waals surface area contributed by atoms with Crippen molar-refractivity contribution in [2.75, 3.05) is 12.3 Å². The van der Waals surface area contributed by atoms with Crippen LogP contribution < -0.4 is 10.5 Å². The van der Waals surface area contributed by atoms with Gasteiger partial charge in [0, 0.05) is 17.3 Å². The Bertz CT molecular complexity index is 587. The lowest BCUT2D eigenvalue weighted by Crippen LogP contribution is -2.40. The highest BCUT2D eigenvalue weighted by molar-refractivity contribution is 7.89. The Morgan fingerprint density at radius 1 is 1.40 bits per heavy atom. The number of aliphatic hydroxyl groups is 1. The molecule has 112 valence electrons. The fourth-order valence-corrected chi connectivity index (χ4v) is 3.82. The van der Waals surface area contributed by atoms with Crippen LogP contribution in [0.5, 0.6) is 0 Å². The quantitative estimate of drug-likeness (QED) is 0.738. The maximum Gasteiger partial charge on any atom is 0.240 e. The molecule has 2 rings (SSSR count).